The molecule has 0 aliphatic carbocycles. The third-order valence-corrected chi connectivity index (χ3v) is 4.03. The molecule has 2 rings (SSSR count). The van der Waals surface area contributed by atoms with Crippen LogP contribution in [0, 0.1) is 0 Å². The van der Waals surface area contributed by atoms with Crippen molar-refractivity contribution in [3.8, 4) is 0 Å². The molecule has 0 aromatic rings. The summed E-state index contributed by atoms with van der Waals surface area (Å²) < 4.78 is 42.3. The van der Waals surface area contributed by atoms with E-state index in [1.54, 1.807) is 0 Å². The van der Waals surface area contributed by atoms with E-state index >= 15 is 0 Å². The average Bonchev–Trinajstić information content (AvgIpc) is 2.42. The maximum Gasteiger partial charge on any atom is 0.419 e. The average molecular weight is 308 g/mol. The molecule has 0 saturated carbocycles. The van der Waals surface area contributed by atoms with Gasteiger partial charge in [0.25, 0.3) is 0 Å². The lowest BCUT2D eigenvalue weighted by atomic mass is 9.84. The number of hydrogen-bond donors (Lipinski definition) is 1. The van der Waals surface area contributed by atoms with Crippen LogP contribution in [0.15, 0.2) is 0 Å². The van der Waals surface area contributed by atoms with E-state index in [1.165, 1.54) is 0 Å². The predicted molar refractivity (Wildman–Crippen MR) is 46.7 cm³/mol. The van der Waals surface area contributed by atoms with Crippen molar-refractivity contribution < 1.29 is 23.0 Å². The molecular formula is C7H8F3IO2. The quantitative estimate of drug-likeness (QED) is 0.545. The van der Waals surface area contributed by atoms with Crippen molar-refractivity contribution in [2.24, 2.45) is 0 Å². The highest BCUT2D eigenvalue weighted by Crippen LogP contribution is 2.51. The molecule has 13 heavy (non-hydrogen) atoms. The van der Waals surface area contributed by atoms with Gasteiger partial charge in [-0.15, -0.1) is 0 Å². The molecule has 2 fully saturated rings. The van der Waals surface area contributed by atoms with E-state index < -0.39 is 24.0 Å². The van der Waals surface area contributed by atoms with Crippen molar-refractivity contribution in [3.05, 3.63) is 0 Å². The fraction of sp³-hybridized carbons (Fsp3) is 1.00. The summed E-state index contributed by atoms with van der Waals surface area (Å²) in [5, 5.41) is 9.38. The Bertz CT molecular complexity index is 230. The Hall–Kier alpha value is 0.440. The van der Waals surface area contributed by atoms with Gasteiger partial charge in [0.15, 0.2) is 5.60 Å². The molecule has 6 heteroatoms. The summed E-state index contributed by atoms with van der Waals surface area (Å²) in [6.45, 7) is 0. The number of hydrogen-bond acceptors (Lipinski definition) is 2. The smallest absolute Gasteiger partial charge is 0.378 e. The molecule has 0 aromatic heterocycles. The molecule has 2 saturated heterocycles. The molecule has 0 spiro atoms. The second-order valence-electron chi connectivity index (χ2n) is 3.54. The third kappa shape index (κ3) is 1.29. The fourth-order valence-corrected chi connectivity index (χ4v) is 2.81. The van der Waals surface area contributed by atoms with Gasteiger partial charge in [0.05, 0.1) is 12.2 Å². The van der Waals surface area contributed by atoms with Gasteiger partial charge in [0, 0.05) is 10.3 Å². The van der Waals surface area contributed by atoms with Crippen molar-refractivity contribution >= 4 is 22.6 Å². The second kappa shape index (κ2) is 2.73. The molecule has 0 radical (unpaired) electrons. The molecule has 2 nitrogen and oxygen atoms in total. The lowest BCUT2D eigenvalue weighted by Gasteiger charge is -2.32. The van der Waals surface area contributed by atoms with Crippen LogP contribution < -0.4 is 0 Å². The zero-order chi connectivity index (χ0) is 9.85. The number of aliphatic hydroxyl groups is 1. The minimum atomic E-state index is -4.57. The summed E-state index contributed by atoms with van der Waals surface area (Å²) in [5.41, 5.74) is -2.60. The van der Waals surface area contributed by atoms with E-state index in [0.29, 0.717) is 6.42 Å². The van der Waals surface area contributed by atoms with E-state index in [1.807, 2.05) is 0 Å². The molecule has 0 aromatic carbocycles. The molecule has 1 N–H and O–H groups in total. The monoisotopic (exact) mass is 308 g/mol. The molecule has 76 valence electrons. The SMILES string of the molecule is OC1(C(F)(F)F)CC2OC1CC2I. The zero-order valence-corrected chi connectivity index (χ0v) is 8.67. The van der Waals surface area contributed by atoms with Gasteiger partial charge >= 0.3 is 6.18 Å². The maximum atomic E-state index is 12.4. The van der Waals surface area contributed by atoms with Gasteiger partial charge in [0.2, 0.25) is 0 Å². The summed E-state index contributed by atoms with van der Waals surface area (Å²) in [6, 6.07) is 0. The van der Waals surface area contributed by atoms with Crippen LogP contribution in [0.4, 0.5) is 13.2 Å². The highest BCUT2D eigenvalue weighted by Gasteiger charge is 2.67. The van der Waals surface area contributed by atoms with E-state index in [4.69, 9.17) is 4.74 Å². The highest BCUT2D eigenvalue weighted by atomic mass is 127. The summed E-state index contributed by atoms with van der Waals surface area (Å²) >= 11 is 2.07. The number of fused-ring (bicyclic) bond motifs is 2. The Morgan fingerprint density at radius 2 is 2.08 bits per heavy atom. The van der Waals surface area contributed by atoms with Gasteiger partial charge in [0.1, 0.15) is 0 Å². The maximum absolute atomic E-state index is 12.4. The van der Waals surface area contributed by atoms with Crippen LogP contribution in [0.5, 0.6) is 0 Å². The number of rotatable bonds is 0. The largest absolute Gasteiger partial charge is 0.419 e. The first-order valence-electron chi connectivity index (χ1n) is 3.93. The Labute approximate surface area is 86.6 Å². The second-order valence-corrected chi connectivity index (χ2v) is 5.14. The van der Waals surface area contributed by atoms with Crippen LogP contribution in [0.3, 0.4) is 0 Å². The third-order valence-electron chi connectivity index (χ3n) is 2.72. The lowest BCUT2D eigenvalue weighted by molar-refractivity contribution is -0.273. The molecule has 0 amide bonds. The standard InChI is InChI=1S/C7H8F3IO2/c8-7(9,10)6(12)2-4-3(11)1-5(6)13-4/h3-5,12H,1-2H2. The molecule has 2 heterocycles. The van der Waals surface area contributed by atoms with Crippen LogP contribution in [0.1, 0.15) is 12.8 Å². The number of alkyl halides is 4. The number of ether oxygens (including phenoxy) is 1. The summed E-state index contributed by atoms with van der Waals surface area (Å²) in [7, 11) is 0. The fourth-order valence-electron chi connectivity index (χ4n) is 1.93. The van der Waals surface area contributed by atoms with Crippen molar-refractivity contribution in [1.29, 1.82) is 0 Å². The molecular weight excluding hydrogens is 300 g/mol. The first kappa shape index (κ1) is 9.97. The van der Waals surface area contributed by atoms with Crippen LogP contribution in [-0.2, 0) is 4.74 Å². The first-order chi connectivity index (χ1) is 5.84. The molecule has 2 aliphatic rings. The predicted octanol–water partition coefficient (Wildman–Crippen LogP) is 1.64. The normalized spacial score (nSPS) is 50.1. The van der Waals surface area contributed by atoms with Crippen molar-refractivity contribution in [3.63, 3.8) is 0 Å². The van der Waals surface area contributed by atoms with Crippen LogP contribution in [0.2, 0.25) is 0 Å². The van der Waals surface area contributed by atoms with Gasteiger partial charge in [-0.05, 0) is 6.42 Å². The van der Waals surface area contributed by atoms with Crippen LogP contribution in [-0.4, -0.2) is 33.0 Å². The van der Waals surface area contributed by atoms with Gasteiger partial charge in [-0.3, -0.25) is 0 Å². The Kier molecular flexibility index (Phi) is 2.09. The zero-order valence-electron chi connectivity index (χ0n) is 6.51. The molecule has 2 aliphatic heterocycles. The minimum absolute atomic E-state index is 0.102. The van der Waals surface area contributed by atoms with Gasteiger partial charge in [-0.1, -0.05) is 22.6 Å². The van der Waals surface area contributed by atoms with Crippen molar-refractivity contribution in [2.45, 2.75) is 40.8 Å². The Balaban J connectivity index is 2.22. The van der Waals surface area contributed by atoms with E-state index in [9.17, 15) is 18.3 Å². The van der Waals surface area contributed by atoms with Crippen molar-refractivity contribution in [1.82, 2.24) is 0 Å². The first-order valence-corrected chi connectivity index (χ1v) is 5.18. The van der Waals surface area contributed by atoms with E-state index in [0.717, 1.165) is 0 Å². The van der Waals surface area contributed by atoms with E-state index in [-0.39, 0.29) is 10.3 Å². The summed E-state index contributed by atoms with van der Waals surface area (Å²) in [4.78, 5) is 0. The number of halogens is 4. The molecule has 4 unspecified atom stereocenters. The highest BCUT2D eigenvalue weighted by molar-refractivity contribution is 14.1. The Morgan fingerprint density at radius 1 is 1.46 bits per heavy atom. The topological polar surface area (TPSA) is 29.5 Å². The summed E-state index contributed by atoms with van der Waals surface area (Å²) in [6.07, 6.45) is -6.07. The molecule has 4 atom stereocenters. The molecule has 2 bridgehead atoms. The lowest BCUT2D eigenvalue weighted by Crippen LogP contribution is -2.53. The van der Waals surface area contributed by atoms with Gasteiger partial charge < -0.3 is 9.84 Å². The van der Waals surface area contributed by atoms with Crippen LogP contribution >= 0.6 is 22.6 Å². The van der Waals surface area contributed by atoms with Gasteiger partial charge in [-0.2, -0.15) is 13.2 Å². The summed E-state index contributed by atoms with van der Waals surface area (Å²) in [5.74, 6) is 0. The van der Waals surface area contributed by atoms with Crippen LogP contribution in [0.25, 0.3) is 0 Å². The van der Waals surface area contributed by atoms with E-state index in [2.05, 4.69) is 22.6 Å². The minimum Gasteiger partial charge on any atom is -0.378 e. The van der Waals surface area contributed by atoms with Gasteiger partial charge in [-0.25, -0.2) is 0 Å². The van der Waals surface area contributed by atoms with Crippen molar-refractivity contribution in [2.75, 3.05) is 0 Å². The Morgan fingerprint density at radius 3 is 2.38 bits per heavy atom.